The number of hydrogen-bond donors (Lipinski definition) is 1. The molecule has 2 unspecified atom stereocenters. The maximum atomic E-state index is 12.8. The molecule has 0 radical (unpaired) electrons. The molecule has 1 aliphatic carbocycles. The van der Waals surface area contributed by atoms with Crippen molar-refractivity contribution in [1.29, 1.82) is 0 Å². The van der Waals surface area contributed by atoms with E-state index in [1.54, 1.807) is 23.1 Å². The number of thioether (sulfide) groups is 1. The molecule has 2 atom stereocenters. The second-order valence-corrected chi connectivity index (χ2v) is 10.5. The lowest BCUT2D eigenvalue weighted by atomic mass is 9.87. The number of nitrogens with zero attached hydrogens (tertiary/aromatic N) is 4. The maximum Gasteiger partial charge on any atom is 0.257 e. The molecule has 1 N–H and O–H groups in total. The van der Waals surface area contributed by atoms with Gasteiger partial charge in [0, 0.05) is 46.5 Å². The van der Waals surface area contributed by atoms with Crippen molar-refractivity contribution in [2.45, 2.75) is 24.3 Å². The maximum absolute atomic E-state index is 12.8. The summed E-state index contributed by atoms with van der Waals surface area (Å²) in [6.07, 6.45) is 4.34. The number of carbonyl (C=O) groups is 1. The van der Waals surface area contributed by atoms with Gasteiger partial charge in [0.05, 0.1) is 6.54 Å². The molecule has 2 fully saturated rings. The lowest BCUT2D eigenvalue weighted by molar-refractivity contribution is 0.0977. The van der Waals surface area contributed by atoms with E-state index in [0.717, 1.165) is 30.5 Å². The Morgan fingerprint density at radius 2 is 2.00 bits per heavy atom. The van der Waals surface area contributed by atoms with Gasteiger partial charge >= 0.3 is 0 Å². The van der Waals surface area contributed by atoms with Gasteiger partial charge in [-0.05, 0) is 42.5 Å². The second kappa shape index (κ2) is 8.01. The minimum Gasteiger partial charge on any atom is -0.338 e. The van der Waals surface area contributed by atoms with Gasteiger partial charge in [0.15, 0.2) is 5.17 Å². The van der Waals surface area contributed by atoms with Crippen molar-refractivity contribution >= 4 is 40.1 Å². The van der Waals surface area contributed by atoms with E-state index in [4.69, 9.17) is 9.98 Å². The van der Waals surface area contributed by atoms with Crippen molar-refractivity contribution in [1.82, 2.24) is 15.3 Å². The number of fused-ring (bicyclic) bond motifs is 1. The second-order valence-electron chi connectivity index (χ2n) is 8.58. The Morgan fingerprint density at radius 3 is 2.78 bits per heavy atom. The molecule has 1 aromatic carbocycles. The van der Waals surface area contributed by atoms with Crippen molar-refractivity contribution in [3.8, 4) is 0 Å². The number of hydrogen-bond acceptors (Lipinski definition) is 7. The quantitative estimate of drug-likeness (QED) is 0.628. The summed E-state index contributed by atoms with van der Waals surface area (Å²) in [5.74, 6) is 2.50. The van der Waals surface area contributed by atoms with Crippen LogP contribution in [0.4, 0.5) is 5.95 Å². The zero-order valence-electron chi connectivity index (χ0n) is 17.5. The van der Waals surface area contributed by atoms with Gasteiger partial charge in [0.2, 0.25) is 5.95 Å². The first-order chi connectivity index (χ1) is 15.7. The number of amidine groups is 1. The fourth-order valence-electron chi connectivity index (χ4n) is 4.57. The van der Waals surface area contributed by atoms with Crippen LogP contribution < -0.4 is 10.2 Å². The van der Waals surface area contributed by atoms with E-state index in [2.05, 4.69) is 32.7 Å². The van der Waals surface area contributed by atoms with E-state index in [0.29, 0.717) is 22.6 Å². The van der Waals surface area contributed by atoms with Gasteiger partial charge in [-0.1, -0.05) is 36.0 Å². The smallest absolute Gasteiger partial charge is 0.257 e. The molecular formula is C24H23N5OS2. The highest BCUT2D eigenvalue weighted by atomic mass is 32.2. The monoisotopic (exact) mass is 461 g/mol. The highest BCUT2D eigenvalue weighted by Crippen LogP contribution is 2.48. The minimum absolute atomic E-state index is 0.119. The number of aliphatic imine (C=N–C) groups is 1. The molecule has 3 aliphatic rings. The van der Waals surface area contributed by atoms with Crippen LogP contribution in [0.2, 0.25) is 0 Å². The van der Waals surface area contributed by atoms with Gasteiger partial charge in [-0.3, -0.25) is 4.79 Å². The molecule has 6 rings (SSSR count). The Labute approximate surface area is 195 Å². The third kappa shape index (κ3) is 3.61. The first kappa shape index (κ1) is 19.9. The van der Waals surface area contributed by atoms with Crippen LogP contribution in [0.15, 0.2) is 65.1 Å². The summed E-state index contributed by atoms with van der Waals surface area (Å²) in [5, 5.41) is 5.85. The average Bonchev–Trinajstić information content (AvgIpc) is 3.38. The third-order valence-corrected chi connectivity index (χ3v) is 8.49. The third-order valence-electron chi connectivity index (χ3n) is 6.42. The van der Waals surface area contributed by atoms with Gasteiger partial charge in [0.1, 0.15) is 5.54 Å². The minimum atomic E-state index is -0.391. The van der Waals surface area contributed by atoms with Gasteiger partial charge in [-0.15, -0.1) is 11.3 Å². The van der Waals surface area contributed by atoms with E-state index in [-0.39, 0.29) is 5.91 Å². The molecule has 1 saturated heterocycles. The van der Waals surface area contributed by atoms with E-state index >= 15 is 0 Å². The Kier molecular flexibility index (Phi) is 4.99. The van der Waals surface area contributed by atoms with E-state index in [1.165, 1.54) is 17.7 Å². The Morgan fingerprint density at radius 1 is 1.12 bits per heavy atom. The van der Waals surface area contributed by atoms with Crippen LogP contribution in [0.25, 0.3) is 0 Å². The van der Waals surface area contributed by atoms with E-state index in [9.17, 15) is 4.79 Å². The number of anilines is 1. The lowest BCUT2D eigenvalue weighted by Crippen LogP contribution is -2.42. The molecule has 4 heterocycles. The van der Waals surface area contributed by atoms with Crippen LogP contribution in [-0.4, -0.2) is 39.9 Å². The van der Waals surface area contributed by atoms with Crippen LogP contribution in [0.3, 0.4) is 0 Å². The first-order valence-electron chi connectivity index (χ1n) is 10.9. The molecule has 6 nitrogen and oxygen atoms in total. The number of benzene rings is 1. The van der Waals surface area contributed by atoms with Gasteiger partial charge in [-0.2, -0.15) is 0 Å². The zero-order chi connectivity index (χ0) is 21.5. The fraction of sp³-hybridized carbons (Fsp3) is 0.333. The number of aromatic nitrogens is 2. The molecule has 1 amide bonds. The zero-order valence-corrected chi connectivity index (χ0v) is 19.1. The highest BCUT2D eigenvalue weighted by molar-refractivity contribution is 8.13. The lowest BCUT2D eigenvalue weighted by Gasteiger charge is -2.34. The predicted octanol–water partition coefficient (Wildman–Crippen LogP) is 4.28. The topological polar surface area (TPSA) is 70.5 Å². The molecule has 2 aliphatic heterocycles. The summed E-state index contributed by atoms with van der Waals surface area (Å²) in [4.78, 5) is 30.9. The van der Waals surface area contributed by atoms with Crippen LogP contribution in [0, 0.1) is 5.92 Å². The average molecular weight is 462 g/mol. The normalized spacial score (nSPS) is 24.7. The van der Waals surface area contributed by atoms with Crippen molar-refractivity contribution in [2.75, 3.05) is 23.7 Å². The molecule has 0 spiro atoms. The van der Waals surface area contributed by atoms with Crippen LogP contribution in [-0.2, 0) is 5.54 Å². The number of amides is 1. The molecule has 0 bridgehead atoms. The Hall–Kier alpha value is -2.71. The Balaban J connectivity index is 1.32. The molecule has 162 valence electrons. The molecular weight excluding hydrogens is 438 g/mol. The van der Waals surface area contributed by atoms with Crippen LogP contribution in [0.1, 0.15) is 39.7 Å². The number of carbonyl (C=O) groups excluding carboxylic acids is 1. The van der Waals surface area contributed by atoms with E-state index < -0.39 is 5.54 Å². The first-order valence-corrected chi connectivity index (χ1v) is 12.8. The molecule has 2 aromatic heterocycles. The fourth-order valence-corrected chi connectivity index (χ4v) is 6.64. The van der Waals surface area contributed by atoms with Crippen molar-refractivity contribution in [3.63, 3.8) is 0 Å². The molecule has 1 saturated carbocycles. The van der Waals surface area contributed by atoms with Gasteiger partial charge in [0.25, 0.3) is 5.91 Å². The molecule has 3 aromatic rings. The van der Waals surface area contributed by atoms with Crippen molar-refractivity contribution in [3.05, 3.63) is 76.2 Å². The highest BCUT2D eigenvalue weighted by Gasteiger charge is 2.51. The van der Waals surface area contributed by atoms with Crippen molar-refractivity contribution in [2.24, 2.45) is 10.9 Å². The Bertz CT molecular complexity index is 1160. The summed E-state index contributed by atoms with van der Waals surface area (Å²) in [5.41, 5.74) is 1.41. The summed E-state index contributed by atoms with van der Waals surface area (Å²) < 4.78 is 0. The molecule has 8 heteroatoms. The molecule has 32 heavy (non-hydrogen) atoms. The van der Waals surface area contributed by atoms with E-state index in [1.807, 2.05) is 42.6 Å². The van der Waals surface area contributed by atoms with Gasteiger partial charge in [-0.25, -0.2) is 15.0 Å². The van der Waals surface area contributed by atoms with Crippen molar-refractivity contribution < 1.29 is 4.79 Å². The van der Waals surface area contributed by atoms with Crippen LogP contribution >= 0.6 is 23.1 Å². The van der Waals surface area contributed by atoms with Gasteiger partial charge < -0.3 is 10.2 Å². The largest absolute Gasteiger partial charge is 0.338 e. The van der Waals surface area contributed by atoms with Crippen LogP contribution in [0.5, 0.6) is 0 Å². The predicted molar refractivity (Wildman–Crippen MR) is 130 cm³/mol. The number of thiophene rings is 1. The summed E-state index contributed by atoms with van der Waals surface area (Å²) >= 11 is 3.36. The standard InChI is InChI=1S/C24H23N5OS2/c30-21(17-5-2-1-3-6-17)27-23-28-24(20-7-4-12-31-20)15-29(13-18(24)14-32-23)22-25-11-10-19(26-22)16-8-9-16/h1-7,10-12,16,18H,8-9,13-15H2,(H,27,28,30). The number of nitrogens with one attached hydrogen (secondary N) is 1. The summed E-state index contributed by atoms with van der Waals surface area (Å²) in [7, 11) is 0. The summed E-state index contributed by atoms with van der Waals surface area (Å²) in [6.45, 7) is 1.58. The number of rotatable bonds is 4. The SMILES string of the molecule is O=C(NC1=NC2(c3cccs3)CN(c3nccc(C4CC4)n3)CC2CS1)c1ccccc1. The summed E-state index contributed by atoms with van der Waals surface area (Å²) in [6, 6.07) is 15.6.